The highest BCUT2D eigenvalue weighted by atomic mass is 32.2. The van der Waals surface area contributed by atoms with Gasteiger partial charge in [-0.1, -0.05) is 37.7 Å². The van der Waals surface area contributed by atoms with Crippen LogP contribution in [0, 0.1) is 0 Å². The second-order valence-electron chi connectivity index (χ2n) is 6.69. The number of anilines is 1. The van der Waals surface area contributed by atoms with Gasteiger partial charge in [-0.15, -0.1) is 0 Å². The number of hydrogen-bond acceptors (Lipinski definition) is 7. The molecule has 0 aliphatic carbocycles. The quantitative estimate of drug-likeness (QED) is 0.356. The number of nitrogens with one attached hydrogen (secondary N) is 2. The van der Waals surface area contributed by atoms with Crippen molar-refractivity contribution in [2.45, 2.75) is 38.4 Å². The number of para-hydroxylation sites is 1. The van der Waals surface area contributed by atoms with Crippen LogP contribution in [0.15, 0.2) is 35.6 Å². The molecule has 2 N–H and O–H groups in total. The molecule has 0 fully saturated rings. The van der Waals surface area contributed by atoms with Crippen LogP contribution in [0.3, 0.4) is 0 Å². The lowest BCUT2D eigenvalue weighted by molar-refractivity contribution is 0.0949. The number of amides is 1. The molecule has 0 spiro atoms. The fraction of sp³-hybridized carbons (Fsp3) is 0.429. The molecule has 0 saturated heterocycles. The van der Waals surface area contributed by atoms with E-state index in [4.69, 9.17) is 9.72 Å². The summed E-state index contributed by atoms with van der Waals surface area (Å²) in [6.45, 7) is 6.02. The van der Waals surface area contributed by atoms with E-state index in [0.717, 1.165) is 47.1 Å². The van der Waals surface area contributed by atoms with E-state index in [1.165, 1.54) is 0 Å². The topological polar surface area (TPSA) is 94.0 Å². The van der Waals surface area contributed by atoms with E-state index in [2.05, 4.69) is 34.6 Å². The minimum atomic E-state index is -0.178. The molecular formula is C21H28N6O2S. The Morgan fingerprint density at radius 3 is 2.77 bits per heavy atom. The standard InChI is InChI=1S/C21H28N6O2S/c1-4-10-22-18-16-14-24-27(19(16)26-21(25-18)30-13-5-2)12-11-23-20(28)15-8-6-7-9-17(15)29-3/h6-9,14H,4-5,10-13H2,1-3H3,(H,23,28)(H,22,25,26). The number of hydrogen-bond donors (Lipinski definition) is 2. The zero-order valence-corrected chi connectivity index (χ0v) is 18.5. The number of carbonyl (C=O) groups excluding carboxylic acids is 1. The van der Waals surface area contributed by atoms with Crippen molar-refractivity contribution in [1.82, 2.24) is 25.1 Å². The van der Waals surface area contributed by atoms with Gasteiger partial charge in [-0.05, 0) is 25.0 Å². The van der Waals surface area contributed by atoms with Crippen LogP contribution in [0.1, 0.15) is 37.0 Å². The van der Waals surface area contributed by atoms with Gasteiger partial charge in [-0.2, -0.15) is 5.10 Å². The summed E-state index contributed by atoms with van der Waals surface area (Å²) in [5.41, 5.74) is 1.28. The number of methoxy groups -OCH3 is 1. The van der Waals surface area contributed by atoms with Crippen molar-refractivity contribution in [3.8, 4) is 5.75 Å². The molecule has 0 radical (unpaired) electrons. The Morgan fingerprint density at radius 2 is 2.00 bits per heavy atom. The average molecular weight is 429 g/mol. The third-order valence-electron chi connectivity index (χ3n) is 4.41. The van der Waals surface area contributed by atoms with Crippen LogP contribution in [0.25, 0.3) is 11.0 Å². The zero-order valence-electron chi connectivity index (χ0n) is 17.6. The van der Waals surface area contributed by atoms with E-state index in [9.17, 15) is 4.79 Å². The Balaban J connectivity index is 1.74. The molecule has 2 aromatic heterocycles. The number of aromatic nitrogens is 4. The van der Waals surface area contributed by atoms with Crippen LogP contribution in [-0.4, -0.2) is 51.6 Å². The van der Waals surface area contributed by atoms with Gasteiger partial charge in [0.05, 0.1) is 30.8 Å². The Morgan fingerprint density at radius 1 is 1.17 bits per heavy atom. The summed E-state index contributed by atoms with van der Waals surface area (Å²) in [6.07, 6.45) is 3.84. The first-order valence-electron chi connectivity index (χ1n) is 10.2. The van der Waals surface area contributed by atoms with Gasteiger partial charge < -0.3 is 15.4 Å². The summed E-state index contributed by atoms with van der Waals surface area (Å²) in [4.78, 5) is 21.9. The average Bonchev–Trinajstić information content (AvgIpc) is 3.18. The van der Waals surface area contributed by atoms with Crippen LogP contribution in [-0.2, 0) is 6.54 Å². The van der Waals surface area contributed by atoms with Gasteiger partial charge in [0.1, 0.15) is 11.6 Å². The van der Waals surface area contributed by atoms with Crippen LogP contribution < -0.4 is 15.4 Å². The van der Waals surface area contributed by atoms with Crippen molar-refractivity contribution in [2.75, 3.05) is 31.3 Å². The zero-order chi connectivity index (χ0) is 21.3. The van der Waals surface area contributed by atoms with E-state index in [0.29, 0.717) is 24.4 Å². The van der Waals surface area contributed by atoms with E-state index < -0.39 is 0 Å². The van der Waals surface area contributed by atoms with Crippen LogP contribution in [0.5, 0.6) is 5.75 Å². The van der Waals surface area contributed by atoms with Crippen molar-refractivity contribution in [3.63, 3.8) is 0 Å². The highest BCUT2D eigenvalue weighted by Gasteiger charge is 2.14. The van der Waals surface area contributed by atoms with Crippen molar-refractivity contribution in [3.05, 3.63) is 36.0 Å². The molecule has 1 aromatic carbocycles. The van der Waals surface area contributed by atoms with E-state index in [1.54, 1.807) is 37.2 Å². The molecule has 0 bridgehead atoms. The summed E-state index contributed by atoms with van der Waals surface area (Å²) in [7, 11) is 1.56. The third-order valence-corrected chi connectivity index (χ3v) is 5.47. The third kappa shape index (κ3) is 5.21. The van der Waals surface area contributed by atoms with Gasteiger partial charge in [-0.3, -0.25) is 4.79 Å². The lowest BCUT2D eigenvalue weighted by Gasteiger charge is -2.10. The van der Waals surface area contributed by atoms with E-state index in [-0.39, 0.29) is 5.91 Å². The fourth-order valence-electron chi connectivity index (χ4n) is 2.94. The lowest BCUT2D eigenvalue weighted by atomic mass is 10.2. The number of carbonyl (C=O) groups is 1. The van der Waals surface area contributed by atoms with Crippen LogP contribution in [0.4, 0.5) is 5.82 Å². The summed E-state index contributed by atoms with van der Waals surface area (Å²) < 4.78 is 7.07. The molecule has 2 heterocycles. The minimum absolute atomic E-state index is 0.178. The summed E-state index contributed by atoms with van der Waals surface area (Å²) >= 11 is 1.64. The van der Waals surface area contributed by atoms with Gasteiger partial charge in [0.15, 0.2) is 10.8 Å². The number of fused-ring (bicyclic) bond motifs is 1. The number of nitrogens with zero attached hydrogens (tertiary/aromatic N) is 4. The molecule has 0 saturated carbocycles. The Hall–Kier alpha value is -2.81. The van der Waals surface area contributed by atoms with E-state index >= 15 is 0 Å². The highest BCUT2D eigenvalue weighted by molar-refractivity contribution is 7.99. The fourth-order valence-corrected chi connectivity index (χ4v) is 3.63. The molecule has 8 nitrogen and oxygen atoms in total. The summed E-state index contributed by atoms with van der Waals surface area (Å²) in [5, 5.41) is 12.4. The molecule has 9 heteroatoms. The van der Waals surface area contributed by atoms with Crippen molar-refractivity contribution < 1.29 is 9.53 Å². The molecule has 0 aliphatic heterocycles. The molecule has 160 valence electrons. The summed E-state index contributed by atoms with van der Waals surface area (Å²) in [5.74, 6) is 2.14. The van der Waals surface area contributed by atoms with E-state index in [1.807, 2.05) is 16.8 Å². The largest absolute Gasteiger partial charge is 0.496 e. The molecule has 0 atom stereocenters. The maximum absolute atomic E-state index is 12.5. The van der Waals surface area contributed by atoms with Crippen molar-refractivity contribution in [1.29, 1.82) is 0 Å². The van der Waals surface area contributed by atoms with Crippen molar-refractivity contribution in [2.24, 2.45) is 0 Å². The van der Waals surface area contributed by atoms with Crippen LogP contribution >= 0.6 is 11.8 Å². The molecule has 3 rings (SSSR count). The molecule has 0 unspecified atom stereocenters. The first-order valence-corrected chi connectivity index (χ1v) is 11.2. The minimum Gasteiger partial charge on any atom is -0.496 e. The van der Waals surface area contributed by atoms with Crippen LogP contribution in [0.2, 0.25) is 0 Å². The maximum atomic E-state index is 12.5. The predicted octanol–water partition coefficient (Wildman–Crippen LogP) is 3.59. The Labute approximate surface area is 180 Å². The second kappa shape index (κ2) is 10.8. The predicted molar refractivity (Wildman–Crippen MR) is 120 cm³/mol. The van der Waals surface area contributed by atoms with Gasteiger partial charge in [-0.25, -0.2) is 14.6 Å². The first-order chi connectivity index (χ1) is 14.7. The maximum Gasteiger partial charge on any atom is 0.255 e. The SMILES string of the molecule is CCCNc1nc(SCCC)nc2c1cnn2CCNC(=O)c1ccccc1OC. The van der Waals surface area contributed by atoms with Crippen molar-refractivity contribution >= 4 is 34.5 Å². The normalized spacial score (nSPS) is 10.9. The number of ether oxygens (including phenoxy) is 1. The smallest absolute Gasteiger partial charge is 0.255 e. The van der Waals surface area contributed by atoms with Gasteiger partial charge >= 0.3 is 0 Å². The van der Waals surface area contributed by atoms with Gasteiger partial charge in [0.2, 0.25) is 0 Å². The lowest BCUT2D eigenvalue weighted by Crippen LogP contribution is -2.28. The number of benzene rings is 1. The number of rotatable bonds is 11. The molecule has 1 amide bonds. The Bertz CT molecular complexity index is 991. The molecule has 3 aromatic rings. The van der Waals surface area contributed by atoms with Gasteiger partial charge in [0, 0.05) is 18.8 Å². The monoisotopic (exact) mass is 428 g/mol. The van der Waals surface area contributed by atoms with Gasteiger partial charge in [0.25, 0.3) is 5.91 Å². The first kappa shape index (κ1) is 21.9. The highest BCUT2D eigenvalue weighted by Crippen LogP contribution is 2.25. The second-order valence-corrected chi connectivity index (χ2v) is 7.75. The molecular weight excluding hydrogens is 400 g/mol. The molecule has 0 aliphatic rings. The summed E-state index contributed by atoms with van der Waals surface area (Å²) in [6, 6.07) is 7.17. The Kier molecular flexibility index (Phi) is 7.89. The molecule has 30 heavy (non-hydrogen) atoms. The number of thioether (sulfide) groups is 1.